The van der Waals surface area contributed by atoms with Crippen LogP contribution in [0.2, 0.25) is 0 Å². The molecule has 4 rings (SSSR count). The number of aromatic amines is 1. The SMILES string of the molecule is OCC(CO)NCCCOc1ccc(CCc2cccc3[nH]nc(O[C@@H]4O[C@H](CO)[C@@H](O)[C@H](O)[C@H]4O)c23)cc1. The Bertz CT molecular complexity index is 1150. The maximum absolute atomic E-state index is 10.3. The Morgan fingerprint density at radius 3 is 2.44 bits per heavy atom. The number of aromatic nitrogens is 2. The molecule has 0 aliphatic carbocycles. The molecule has 1 aliphatic rings. The fourth-order valence-corrected chi connectivity index (χ4v) is 4.47. The second-order valence-electron chi connectivity index (χ2n) is 9.55. The fraction of sp³-hybridized carbons (Fsp3) is 0.519. The van der Waals surface area contributed by atoms with Crippen molar-refractivity contribution >= 4 is 10.9 Å². The first kappa shape index (κ1) is 29.2. The van der Waals surface area contributed by atoms with Crippen molar-refractivity contribution in [3.8, 4) is 11.6 Å². The van der Waals surface area contributed by atoms with Gasteiger partial charge in [-0.1, -0.05) is 24.3 Å². The van der Waals surface area contributed by atoms with E-state index in [4.69, 9.17) is 24.4 Å². The lowest BCUT2D eigenvalue weighted by atomic mass is 9.99. The van der Waals surface area contributed by atoms with Crippen LogP contribution in [0.15, 0.2) is 42.5 Å². The van der Waals surface area contributed by atoms with Gasteiger partial charge in [-0.25, -0.2) is 0 Å². The minimum absolute atomic E-state index is 0.111. The topological polar surface area (TPSA) is 190 Å². The third-order valence-corrected chi connectivity index (χ3v) is 6.79. The summed E-state index contributed by atoms with van der Waals surface area (Å²) >= 11 is 0. The molecule has 1 aliphatic heterocycles. The Morgan fingerprint density at radius 2 is 1.72 bits per heavy atom. The molecule has 0 saturated carbocycles. The minimum atomic E-state index is -1.54. The molecule has 39 heavy (non-hydrogen) atoms. The van der Waals surface area contributed by atoms with Crippen molar-refractivity contribution < 1.29 is 44.8 Å². The molecule has 5 atom stereocenters. The van der Waals surface area contributed by atoms with Crippen LogP contribution in [0.4, 0.5) is 0 Å². The predicted octanol–water partition coefficient (Wildman–Crippen LogP) is -0.761. The summed E-state index contributed by atoms with van der Waals surface area (Å²) in [6.07, 6.45) is -4.80. The Labute approximate surface area is 225 Å². The van der Waals surface area contributed by atoms with E-state index >= 15 is 0 Å². The van der Waals surface area contributed by atoms with E-state index in [1.54, 1.807) is 0 Å². The molecule has 12 nitrogen and oxygen atoms in total. The smallest absolute Gasteiger partial charge is 0.243 e. The van der Waals surface area contributed by atoms with Crippen LogP contribution in [0.25, 0.3) is 10.9 Å². The standard InChI is InChI=1S/C27H37N3O9/c31-13-18(14-32)28-11-2-12-37-19-9-6-16(7-10-19)5-8-17-3-1-4-20-22(17)26(30-29-20)39-27-25(36)24(35)23(34)21(15-33)38-27/h1,3-4,6-7,9-10,18,21,23-25,27-28,31-36H,2,5,8,11-15H2,(H,29,30)/t21-,23-,24+,25-,27+/m1/s1. The largest absolute Gasteiger partial charge is 0.494 e. The van der Waals surface area contributed by atoms with Gasteiger partial charge in [0.1, 0.15) is 30.2 Å². The lowest BCUT2D eigenvalue weighted by molar-refractivity contribution is -0.277. The van der Waals surface area contributed by atoms with Gasteiger partial charge in [0.2, 0.25) is 12.2 Å². The molecule has 0 amide bonds. The number of H-pyrrole nitrogens is 1. The summed E-state index contributed by atoms with van der Waals surface area (Å²) in [7, 11) is 0. The molecule has 0 radical (unpaired) electrons. The van der Waals surface area contributed by atoms with Gasteiger partial charge in [0.15, 0.2) is 0 Å². The number of fused-ring (bicyclic) bond motifs is 1. The predicted molar refractivity (Wildman–Crippen MR) is 140 cm³/mol. The van der Waals surface area contributed by atoms with Crippen LogP contribution in [0.5, 0.6) is 11.6 Å². The summed E-state index contributed by atoms with van der Waals surface area (Å²) in [5, 5.41) is 68.9. The van der Waals surface area contributed by atoms with Crippen molar-refractivity contribution in [1.82, 2.24) is 15.5 Å². The summed E-state index contributed by atoms with van der Waals surface area (Å²) in [4.78, 5) is 0. The first-order valence-electron chi connectivity index (χ1n) is 13.0. The van der Waals surface area contributed by atoms with Gasteiger partial charge < -0.3 is 50.2 Å². The van der Waals surface area contributed by atoms with Gasteiger partial charge in [-0.15, -0.1) is 5.10 Å². The molecule has 1 aromatic heterocycles. The number of hydrogen-bond donors (Lipinski definition) is 8. The number of aliphatic hydroxyl groups is 6. The van der Waals surface area contributed by atoms with Crippen LogP contribution in [0.1, 0.15) is 17.5 Å². The van der Waals surface area contributed by atoms with Crippen molar-refractivity contribution in [2.75, 3.05) is 33.0 Å². The molecule has 0 spiro atoms. The molecule has 1 fully saturated rings. The Morgan fingerprint density at radius 1 is 0.949 bits per heavy atom. The third kappa shape index (κ3) is 7.24. The van der Waals surface area contributed by atoms with E-state index < -0.39 is 37.3 Å². The summed E-state index contributed by atoms with van der Waals surface area (Å²) in [6, 6.07) is 13.2. The maximum atomic E-state index is 10.3. The van der Waals surface area contributed by atoms with Crippen molar-refractivity contribution in [1.29, 1.82) is 0 Å². The van der Waals surface area contributed by atoms with Crippen molar-refractivity contribution in [3.63, 3.8) is 0 Å². The van der Waals surface area contributed by atoms with Crippen LogP contribution in [0.3, 0.4) is 0 Å². The lowest BCUT2D eigenvalue weighted by Crippen LogP contribution is -2.60. The molecule has 2 heterocycles. The quantitative estimate of drug-likeness (QED) is 0.118. The number of nitrogens with zero attached hydrogens (tertiary/aromatic N) is 1. The molecule has 214 valence electrons. The fourth-order valence-electron chi connectivity index (χ4n) is 4.47. The molecule has 0 unspecified atom stereocenters. The number of benzene rings is 2. The first-order chi connectivity index (χ1) is 18.9. The number of aliphatic hydroxyl groups excluding tert-OH is 6. The highest BCUT2D eigenvalue weighted by molar-refractivity contribution is 5.87. The van der Waals surface area contributed by atoms with Crippen LogP contribution in [-0.2, 0) is 17.6 Å². The zero-order valence-electron chi connectivity index (χ0n) is 21.5. The third-order valence-electron chi connectivity index (χ3n) is 6.79. The van der Waals surface area contributed by atoms with Crippen molar-refractivity contribution in [2.24, 2.45) is 0 Å². The molecular weight excluding hydrogens is 510 g/mol. The van der Waals surface area contributed by atoms with Gasteiger partial charge in [-0.2, -0.15) is 0 Å². The number of hydrogen-bond acceptors (Lipinski definition) is 11. The van der Waals surface area contributed by atoms with Crippen molar-refractivity contribution in [2.45, 2.75) is 56.0 Å². The molecule has 0 bridgehead atoms. The van der Waals surface area contributed by atoms with Crippen LogP contribution >= 0.6 is 0 Å². The van der Waals surface area contributed by atoms with Crippen LogP contribution in [0, 0.1) is 0 Å². The second-order valence-corrected chi connectivity index (χ2v) is 9.55. The normalized spacial score (nSPS) is 23.4. The van der Waals surface area contributed by atoms with E-state index in [2.05, 4.69) is 15.5 Å². The lowest BCUT2D eigenvalue weighted by Gasteiger charge is -2.39. The van der Waals surface area contributed by atoms with E-state index in [1.165, 1.54) is 0 Å². The maximum Gasteiger partial charge on any atom is 0.243 e. The highest BCUT2D eigenvalue weighted by Crippen LogP contribution is 2.31. The minimum Gasteiger partial charge on any atom is -0.494 e. The average molecular weight is 548 g/mol. The highest BCUT2D eigenvalue weighted by Gasteiger charge is 2.45. The van der Waals surface area contributed by atoms with E-state index in [0.29, 0.717) is 25.0 Å². The van der Waals surface area contributed by atoms with Gasteiger partial charge in [-0.3, -0.25) is 5.10 Å². The van der Waals surface area contributed by atoms with E-state index in [9.17, 15) is 20.4 Å². The molecule has 2 aromatic carbocycles. The van der Waals surface area contributed by atoms with Gasteiger partial charge in [0, 0.05) is 0 Å². The number of nitrogens with one attached hydrogen (secondary N) is 2. The molecule has 8 N–H and O–H groups in total. The van der Waals surface area contributed by atoms with Gasteiger partial charge >= 0.3 is 0 Å². The van der Waals surface area contributed by atoms with E-state index in [1.807, 2.05) is 42.5 Å². The molecule has 3 aromatic rings. The Kier molecular flexibility index (Phi) is 10.5. The molecule has 12 heteroatoms. The molecular formula is C27H37N3O9. The van der Waals surface area contributed by atoms with E-state index in [0.717, 1.165) is 35.2 Å². The summed E-state index contributed by atoms with van der Waals surface area (Å²) < 4.78 is 17.1. The van der Waals surface area contributed by atoms with Gasteiger partial charge in [0.25, 0.3) is 0 Å². The van der Waals surface area contributed by atoms with Crippen molar-refractivity contribution in [3.05, 3.63) is 53.6 Å². The number of aryl methyl sites for hydroxylation is 2. The van der Waals surface area contributed by atoms with Crippen LogP contribution < -0.4 is 14.8 Å². The summed E-state index contributed by atoms with van der Waals surface area (Å²) in [6.45, 7) is 0.371. The van der Waals surface area contributed by atoms with Gasteiger partial charge in [0.05, 0.1) is 43.4 Å². The second kappa shape index (κ2) is 14.0. The Hall–Kier alpha value is -2.81. The zero-order valence-corrected chi connectivity index (χ0v) is 21.5. The number of rotatable bonds is 14. The van der Waals surface area contributed by atoms with E-state index in [-0.39, 0.29) is 25.1 Å². The number of ether oxygens (including phenoxy) is 3. The zero-order chi connectivity index (χ0) is 27.8. The molecule has 1 saturated heterocycles. The Balaban J connectivity index is 1.34. The summed E-state index contributed by atoms with van der Waals surface area (Å²) in [5.74, 6) is 0.944. The van der Waals surface area contributed by atoms with Gasteiger partial charge in [-0.05, 0) is 55.1 Å². The van der Waals surface area contributed by atoms with Crippen LogP contribution in [-0.4, -0.2) is 111 Å². The first-order valence-corrected chi connectivity index (χ1v) is 13.0. The average Bonchev–Trinajstić information content (AvgIpc) is 3.38. The highest BCUT2D eigenvalue weighted by atomic mass is 16.7. The monoisotopic (exact) mass is 547 g/mol. The summed E-state index contributed by atoms with van der Waals surface area (Å²) in [5.41, 5.74) is 2.79.